The molecule has 0 spiro atoms. The van der Waals surface area contributed by atoms with E-state index in [2.05, 4.69) is 37.0 Å². The molecule has 0 saturated heterocycles. The maximum absolute atomic E-state index is 5.83. The largest absolute Gasteiger partial charge is 0.255 e. The molecule has 0 bridgehead atoms. The molecule has 0 amide bonds. The molecule has 2 nitrogen and oxygen atoms in total. The minimum absolute atomic E-state index is 0.0544. The van der Waals surface area contributed by atoms with E-state index in [4.69, 9.17) is 23.2 Å². The fourth-order valence-corrected chi connectivity index (χ4v) is 1.94. The maximum atomic E-state index is 5.83. The number of alkyl halides is 2. The highest BCUT2D eigenvalue weighted by Crippen LogP contribution is 2.36. The molecule has 0 aliphatic heterocycles. The van der Waals surface area contributed by atoms with Gasteiger partial charge >= 0.3 is 0 Å². The van der Waals surface area contributed by atoms with E-state index in [0.717, 1.165) is 0 Å². The zero-order valence-corrected chi connectivity index (χ0v) is 10.2. The summed E-state index contributed by atoms with van der Waals surface area (Å²) in [6.45, 7) is 0. The molecule has 0 aliphatic rings. The van der Waals surface area contributed by atoms with Gasteiger partial charge < -0.3 is 0 Å². The fourth-order valence-electron chi connectivity index (χ4n) is 0.637. The number of hydrogen-bond acceptors (Lipinski definition) is 1. The lowest BCUT2D eigenvalue weighted by atomic mass is 10.5. The first-order chi connectivity index (χ1) is 5.04. The van der Waals surface area contributed by atoms with E-state index in [9.17, 15) is 0 Å². The van der Waals surface area contributed by atoms with Gasteiger partial charge in [0.25, 0.3) is 0 Å². The molecule has 1 rings (SSSR count). The van der Waals surface area contributed by atoms with Crippen molar-refractivity contribution in [2.75, 3.05) is 0 Å². The third-order valence-electron chi connectivity index (χ3n) is 1.15. The predicted molar refractivity (Wildman–Crippen MR) is 53.8 cm³/mol. The number of nitrogens with zero attached hydrogens (tertiary/aromatic N) is 2. The monoisotopic (exact) mass is 320 g/mol. The quantitative estimate of drug-likeness (QED) is 0.723. The topological polar surface area (TPSA) is 17.8 Å². The lowest BCUT2D eigenvalue weighted by Gasteiger charge is -1.93. The van der Waals surface area contributed by atoms with Crippen LogP contribution in [0.25, 0.3) is 0 Å². The average molecular weight is 323 g/mol. The van der Waals surface area contributed by atoms with Crippen LogP contribution in [0.5, 0.6) is 0 Å². The van der Waals surface area contributed by atoms with Crippen LogP contribution in [0.1, 0.15) is 9.43 Å². The van der Waals surface area contributed by atoms with Crippen molar-refractivity contribution < 1.29 is 0 Å². The molecule has 0 unspecified atom stereocenters. The third kappa shape index (κ3) is 1.91. The molecule has 62 valence electrons. The van der Waals surface area contributed by atoms with Crippen molar-refractivity contribution in [2.45, 2.75) is 3.74 Å². The first kappa shape index (κ1) is 9.84. The van der Waals surface area contributed by atoms with Gasteiger partial charge in [-0.15, -0.1) is 0 Å². The third-order valence-corrected chi connectivity index (χ3v) is 2.92. The molecule has 0 aliphatic carbocycles. The van der Waals surface area contributed by atoms with Crippen LogP contribution in [0.15, 0.2) is 0 Å². The normalized spacial score (nSPS) is 11.1. The van der Waals surface area contributed by atoms with Crippen LogP contribution in [-0.2, 0) is 7.05 Å². The maximum Gasteiger partial charge on any atom is 0.145 e. The standard InChI is InChI=1S/C5H4Br2Cl2N2/c1-11-5(9)2(8)3(10-11)4(6)7/h4H,1H3. The second kappa shape index (κ2) is 3.64. The highest BCUT2D eigenvalue weighted by molar-refractivity contribution is 9.24. The zero-order chi connectivity index (χ0) is 8.59. The lowest BCUT2D eigenvalue weighted by Crippen LogP contribution is -1.90. The molecular weight excluding hydrogens is 319 g/mol. The van der Waals surface area contributed by atoms with Crippen molar-refractivity contribution in [1.82, 2.24) is 9.78 Å². The van der Waals surface area contributed by atoms with Gasteiger partial charge in [-0.3, -0.25) is 4.68 Å². The summed E-state index contributed by atoms with van der Waals surface area (Å²) in [7, 11) is 1.74. The van der Waals surface area contributed by atoms with Crippen molar-refractivity contribution in [2.24, 2.45) is 7.05 Å². The molecule has 0 aromatic carbocycles. The molecule has 0 radical (unpaired) electrons. The Kier molecular flexibility index (Phi) is 3.26. The summed E-state index contributed by atoms with van der Waals surface area (Å²) in [6, 6.07) is 0. The Labute approximate surface area is 91.1 Å². The second-order valence-corrected chi connectivity index (χ2v) is 5.71. The summed E-state index contributed by atoms with van der Waals surface area (Å²) in [4.78, 5) is 0. The minimum atomic E-state index is -0.0544. The van der Waals surface area contributed by atoms with Crippen molar-refractivity contribution in [1.29, 1.82) is 0 Å². The molecule has 11 heavy (non-hydrogen) atoms. The molecule has 6 heteroatoms. The van der Waals surface area contributed by atoms with Crippen LogP contribution in [0.2, 0.25) is 10.2 Å². The number of hydrogen-bond donors (Lipinski definition) is 0. The summed E-state index contributed by atoms with van der Waals surface area (Å²) in [5.41, 5.74) is 0.694. The summed E-state index contributed by atoms with van der Waals surface area (Å²) in [5.74, 6) is 0. The molecule has 0 N–H and O–H groups in total. The summed E-state index contributed by atoms with van der Waals surface area (Å²) in [6.07, 6.45) is 0. The Morgan fingerprint density at radius 1 is 1.45 bits per heavy atom. The van der Waals surface area contributed by atoms with Gasteiger partial charge in [-0.25, -0.2) is 0 Å². The van der Waals surface area contributed by atoms with Gasteiger partial charge in [-0.2, -0.15) is 5.10 Å². The SMILES string of the molecule is Cn1nc(C(Br)Br)c(Cl)c1Cl. The van der Waals surface area contributed by atoms with E-state index in [-0.39, 0.29) is 3.74 Å². The summed E-state index contributed by atoms with van der Waals surface area (Å²) >= 11 is 18.2. The molecule has 0 fully saturated rings. The highest BCUT2D eigenvalue weighted by atomic mass is 79.9. The van der Waals surface area contributed by atoms with Gasteiger partial charge in [-0.05, 0) is 0 Å². The van der Waals surface area contributed by atoms with E-state index in [1.807, 2.05) is 0 Å². The average Bonchev–Trinajstić information content (AvgIpc) is 2.17. The summed E-state index contributed by atoms with van der Waals surface area (Å²) in [5, 5.41) is 5.00. The van der Waals surface area contributed by atoms with Crippen LogP contribution in [-0.4, -0.2) is 9.78 Å². The fraction of sp³-hybridized carbons (Fsp3) is 0.400. The Bertz CT molecular complexity index is 272. The van der Waals surface area contributed by atoms with E-state index < -0.39 is 0 Å². The van der Waals surface area contributed by atoms with Gasteiger partial charge in [0.2, 0.25) is 0 Å². The number of halogens is 4. The van der Waals surface area contributed by atoms with Gasteiger partial charge in [-0.1, -0.05) is 55.1 Å². The van der Waals surface area contributed by atoms with Gasteiger partial charge in [0.1, 0.15) is 19.6 Å². The highest BCUT2D eigenvalue weighted by Gasteiger charge is 2.16. The second-order valence-electron chi connectivity index (χ2n) is 1.91. The minimum Gasteiger partial charge on any atom is -0.255 e. The van der Waals surface area contributed by atoms with Crippen LogP contribution in [0, 0.1) is 0 Å². The molecular formula is C5H4Br2Cl2N2. The van der Waals surface area contributed by atoms with Crippen molar-refractivity contribution >= 4 is 55.1 Å². The van der Waals surface area contributed by atoms with Crippen LogP contribution >= 0.6 is 55.1 Å². The smallest absolute Gasteiger partial charge is 0.145 e. The number of aryl methyl sites for hydroxylation is 1. The Morgan fingerprint density at radius 2 is 2.00 bits per heavy atom. The molecule has 0 atom stereocenters. The van der Waals surface area contributed by atoms with Crippen LogP contribution in [0.3, 0.4) is 0 Å². The number of aromatic nitrogens is 2. The van der Waals surface area contributed by atoms with Gasteiger partial charge in [0, 0.05) is 7.05 Å². The zero-order valence-electron chi connectivity index (χ0n) is 5.48. The van der Waals surface area contributed by atoms with E-state index in [1.54, 1.807) is 7.05 Å². The molecule has 1 aromatic rings. The van der Waals surface area contributed by atoms with Crippen LogP contribution < -0.4 is 0 Å². The lowest BCUT2D eigenvalue weighted by molar-refractivity contribution is 0.756. The molecule has 0 saturated carbocycles. The van der Waals surface area contributed by atoms with Crippen molar-refractivity contribution in [3.63, 3.8) is 0 Å². The van der Waals surface area contributed by atoms with E-state index in [0.29, 0.717) is 15.9 Å². The van der Waals surface area contributed by atoms with Crippen molar-refractivity contribution in [3.05, 3.63) is 15.9 Å². The Balaban J connectivity index is 3.19. The van der Waals surface area contributed by atoms with Gasteiger partial charge in [0.15, 0.2) is 0 Å². The Hall–Kier alpha value is 0.750. The predicted octanol–water partition coefficient (Wildman–Crippen LogP) is 3.52. The van der Waals surface area contributed by atoms with E-state index in [1.165, 1.54) is 4.68 Å². The van der Waals surface area contributed by atoms with Gasteiger partial charge in [0.05, 0.1) is 0 Å². The molecule has 1 heterocycles. The first-order valence-corrected chi connectivity index (χ1v) is 5.28. The molecule has 1 aromatic heterocycles. The van der Waals surface area contributed by atoms with Crippen LogP contribution in [0.4, 0.5) is 0 Å². The number of rotatable bonds is 1. The van der Waals surface area contributed by atoms with Crippen molar-refractivity contribution in [3.8, 4) is 0 Å². The summed E-state index contributed by atoms with van der Waals surface area (Å²) < 4.78 is 1.47. The first-order valence-electron chi connectivity index (χ1n) is 2.70. The Morgan fingerprint density at radius 3 is 2.18 bits per heavy atom. The van der Waals surface area contributed by atoms with E-state index >= 15 is 0 Å².